The number of carbonyl (C=O) groups is 1. The molecule has 1 N–H and O–H groups in total. The number of hydrogen-bond donors (Lipinski definition) is 1. The fourth-order valence-electron chi connectivity index (χ4n) is 2.06. The van der Waals surface area contributed by atoms with Gasteiger partial charge in [0.15, 0.2) is 0 Å². The molecule has 80 valence electrons. The fraction of sp³-hybridized carbons (Fsp3) is 0.900. The van der Waals surface area contributed by atoms with E-state index in [0.717, 1.165) is 26.2 Å². The zero-order valence-electron chi connectivity index (χ0n) is 8.50. The van der Waals surface area contributed by atoms with Gasteiger partial charge in [-0.3, -0.25) is 4.79 Å². The van der Waals surface area contributed by atoms with E-state index in [0.29, 0.717) is 13.0 Å². The van der Waals surface area contributed by atoms with Gasteiger partial charge in [0.25, 0.3) is 0 Å². The minimum absolute atomic E-state index is 0.233. The van der Waals surface area contributed by atoms with E-state index in [-0.39, 0.29) is 11.9 Å². The largest absolute Gasteiger partial charge is 0.378 e. The minimum Gasteiger partial charge on any atom is -0.378 e. The molecule has 0 aromatic rings. The SMILES string of the molecule is O=C(CC1COCCN1)N1CCCC1. The van der Waals surface area contributed by atoms with Crippen LogP contribution in [0.3, 0.4) is 0 Å². The van der Waals surface area contributed by atoms with Gasteiger partial charge in [-0.2, -0.15) is 0 Å². The summed E-state index contributed by atoms with van der Waals surface area (Å²) in [6.07, 6.45) is 2.93. The van der Waals surface area contributed by atoms with Crippen molar-refractivity contribution >= 4 is 5.91 Å². The van der Waals surface area contributed by atoms with Gasteiger partial charge in [0.05, 0.1) is 13.2 Å². The van der Waals surface area contributed by atoms with Crippen molar-refractivity contribution in [3.63, 3.8) is 0 Å². The predicted octanol–water partition coefficient (Wildman–Crippen LogP) is -0.0127. The summed E-state index contributed by atoms with van der Waals surface area (Å²) in [5.41, 5.74) is 0. The number of nitrogens with one attached hydrogen (secondary N) is 1. The molecular weight excluding hydrogens is 180 g/mol. The molecule has 2 saturated heterocycles. The molecule has 2 aliphatic heterocycles. The molecule has 4 nitrogen and oxygen atoms in total. The van der Waals surface area contributed by atoms with Crippen molar-refractivity contribution in [2.75, 3.05) is 32.8 Å². The highest BCUT2D eigenvalue weighted by Crippen LogP contribution is 2.10. The van der Waals surface area contributed by atoms with E-state index in [1.165, 1.54) is 12.8 Å². The van der Waals surface area contributed by atoms with Gasteiger partial charge < -0.3 is 15.0 Å². The minimum atomic E-state index is 0.233. The summed E-state index contributed by atoms with van der Waals surface area (Å²) < 4.78 is 5.31. The molecule has 0 spiro atoms. The van der Waals surface area contributed by atoms with Crippen molar-refractivity contribution in [1.29, 1.82) is 0 Å². The van der Waals surface area contributed by atoms with Crippen LogP contribution in [-0.4, -0.2) is 49.7 Å². The zero-order valence-corrected chi connectivity index (χ0v) is 8.50. The number of likely N-dealkylation sites (tertiary alicyclic amines) is 1. The molecule has 0 bridgehead atoms. The third-order valence-electron chi connectivity index (χ3n) is 2.88. The molecule has 4 heteroatoms. The first-order valence-electron chi connectivity index (χ1n) is 5.45. The number of rotatable bonds is 2. The van der Waals surface area contributed by atoms with Crippen LogP contribution in [0.5, 0.6) is 0 Å². The Bertz CT molecular complexity index is 196. The maximum absolute atomic E-state index is 11.7. The highest BCUT2D eigenvalue weighted by Gasteiger charge is 2.22. The second kappa shape index (κ2) is 4.75. The van der Waals surface area contributed by atoms with Crippen molar-refractivity contribution < 1.29 is 9.53 Å². The van der Waals surface area contributed by atoms with Crippen LogP contribution in [0.25, 0.3) is 0 Å². The molecule has 1 unspecified atom stereocenters. The van der Waals surface area contributed by atoms with Crippen LogP contribution < -0.4 is 5.32 Å². The molecule has 0 radical (unpaired) electrons. The summed E-state index contributed by atoms with van der Waals surface area (Å²) >= 11 is 0. The highest BCUT2D eigenvalue weighted by molar-refractivity contribution is 5.77. The van der Waals surface area contributed by atoms with Gasteiger partial charge in [-0.25, -0.2) is 0 Å². The maximum atomic E-state index is 11.7. The lowest BCUT2D eigenvalue weighted by Crippen LogP contribution is -2.44. The lowest BCUT2D eigenvalue weighted by atomic mass is 10.2. The fourth-order valence-corrected chi connectivity index (χ4v) is 2.06. The first-order chi connectivity index (χ1) is 6.86. The van der Waals surface area contributed by atoms with E-state index in [9.17, 15) is 4.79 Å². The number of morpholine rings is 1. The lowest BCUT2D eigenvalue weighted by Gasteiger charge is -2.25. The van der Waals surface area contributed by atoms with E-state index in [4.69, 9.17) is 4.74 Å². The number of hydrogen-bond acceptors (Lipinski definition) is 3. The van der Waals surface area contributed by atoms with Crippen LogP contribution in [0.4, 0.5) is 0 Å². The Hall–Kier alpha value is -0.610. The second-order valence-electron chi connectivity index (χ2n) is 4.02. The molecule has 0 aromatic carbocycles. The average Bonchev–Trinajstić information content (AvgIpc) is 2.72. The molecule has 1 atom stereocenters. The van der Waals surface area contributed by atoms with Crippen LogP contribution in [0.15, 0.2) is 0 Å². The molecule has 0 aliphatic carbocycles. The smallest absolute Gasteiger partial charge is 0.224 e. The van der Waals surface area contributed by atoms with Crippen molar-refractivity contribution in [3.05, 3.63) is 0 Å². The van der Waals surface area contributed by atoms with Crippen LogP contribution in [-0.2, 0) is 9.53 Å². The Morgan fingerprint density at radius 2 is 2.21 bits per heavy atom. The first-order valence-corrected chi connectivity index (χ1v) is 5.45. The van der Waals surface area contributed by atoms with Gasteiger partial charge in [-0.05, 0) is 12.8 Å². The number of nitrogens with zero attached hydrogens (tertiary/aromatic N) is 1. The molecule has 2 fully saturated rings. The van der Waals surface area contributed by atoms with E-state index in [2.05, 4.69) is 5.32 Å². The Kier molecular flexibility index (Phi) is 3.37. The van der Waals surface area contributed by atoms with Crippen LogP contribution in [0, 0.1) is 0 Å². The normalized spacial score (nSPS) is 28.0. The summed E-state index contributed by atoms with van der Waals surface area (Å²) in [5.74, 6) is 0.283. The molecule has 2 heterocycles. The maximum Gasteiger partial charge on any atom is 0.224 e. The standard InChI is InChI=1S/C10H18N2O2/c13-10(12-4-1-2-5-12)7-9-8-14-6-3-11-9/h9,11H,1-8H2. The van der Waals surface area contributed by atoms with E-state index < -0.39 is 0 Å². The van der Waals surface area contributed by atoms with Gasteiger partial charge >= 0.3 is 0 Å². The summed E-state index contributed by atoms with van der Waals surface area (Å²) in [6.45, 7) is 4.23. The number of amides is 1. The first kappa shape index (κ1) is 9.93. The number of ether oxygens (including phenoxy) is 1. The Labute approximate surface area is 84.6 Å². The van der Waals surface area contributed by atoms with Gasteiger partial charge in [-0.1, -0.05) is 0 Å². The van der Waals surface area contributed by atoms with E-state index >= 15 is 0 Å². The molecule has 0 saturated carbocycles. The molecule has 1 amide bonds. The third-order valence-corrected chi connectivity index (χ3v) is 2.88. The molecule has 0 aromatic heterocycles. The second-order valence-corrected chi connectivity index (χ2v) is 4.02. The third kappa shape index (κ3) is 2.45. The predicted molar refractivity (Wildman–Crippen MR) is 53.0 cm³/mol. The van der Waals surface area contributed by atoms with Gasteiger partial charge in [0.1, 0.15) is 0 Å². The summed E-state index contributed by atoms with van der Waals surface area (Å²) in [4.78, 5) is 13.7. The van der Waals surface area contributed by atoms with Crippen LogP contribution >= 0.6 is 0 Å². The van der Waals surface area contributed by atoms with Gasteiger partial charge in [-0.15, -0.1) is 0 Å². The zero-order chi connectivity index (χ0) is 9.80. The van der Waals surface area contributed by atoms with E-state index in [1.54, 1.807) is 0 Å². The van der Waals surface area contributed by atoms with Crippen molar-refractivity contribution in [3.8, 4) is 0 Å². The monoisotopic (exact) mass is 198 g/mol. The van der Waals surface area contributed by atoms with Crippen molar-refractivity contribution in [1.82, 2.24) is 10.2 Å². The quantitative estimate of drug-likeness (QED) is 0.678. The van der Waals surface area contributed by atoms with Crippen LogP contribution in [0.1, 0.15) is 19.3 Å². The highest BCUT2D eigenvalue weighted by atomic mass is 16.5. The molecule has 14 heavy (non-hydrogen) atoms. The molecule has 2 rings (SSSR count). The molecular formula is C10H18N2O2. The van der Waals surface area contributed by atoms with Crippen molar-refractivity contribution in [2.45, 2.75) is 25.3 Å². The number of carbonyl (C=O) groups excluding carboxylic acids is 1. The Balaban J connectivity index is 1.75. The summed E-state index contributed by atoms with van der Waals surface area (Å²) in [7, 11) is 0. The molecule has 2 aliphatic rings. The topological polar surface area (TPSA) is 41.6 Å². The lowest BCUT2D eigenvalue weighted by molar-refractivity contribution is -0.131. The summed E-state index contributed by atoms with van der Waals surface area (Å²) in [6, 6.07) is 0.233. The van der Waals surface area contributed by atoms with Crippen molar-refractivity contribution in [2.24, 2.45) is 0 Å². The van der Waals surface area contributed by atoms with Gasteiger partial charge in [0.2, 0.25) is 5.91 Å². The van der Waals surface area contributed by atoms with E-state index in [1.807, 2.05) is 4.90 Å². The summed E-state index contributed by atoms with van der Waals surface area (Å²) in [5, 5.41) is 3.30. The van der Waals surface area contributed by atoms with Crippen LogP contribution in [0.2, 0.25) is 0 Å². The Morgan fingerprint density at radius 1 is 1.43 bits per heavy atom. The Morgan fingerprint density at radius 3 is 2.86 bits per heavy atom. The van der Waals surface area contributed by atoms with Gasteiger partial charge in [0, 0.05) is 32.1 Å². The average molecular weight is 198 g/mol.